The van der Waals surface area contributed by atoms with Gasteiger partial charge in [-0.15, -0.1) is 0 Å². The van der Waals surface area contributed by atoms with Gasteiger partial charge < -0.3 is 9.47 Å². The van der Waals surface area contributed by atoms with Crippen molar-refractivity contribution in [2.45, 2.75) is 32.0 Å². The van der Waals surface area contributed by atoms with Gasteiger partial charge in [0.15, 0.2) is 0 Å². The van der Waals surface area contributed by atoms with Gasteiger partial charge in [-0.3, -0.25) is 0 Å². The first-order chi connectivity index (χ1) is 17.1. The molecule has 0 amide bonds. The zero-order chi connectivity index (χ0) is 25.9. The average molecular weight is 506 g/mol. The van der Waals surface area contributed by atoms with Gasteiger partial charge in [-0.1, -0.05) is 59.2 Å². The van der Waals surface area contributed by atoms with Crippen LogP contribution in [0.3, 0.4) is 0 Å². The van der Waals surface area contributed by atoms with E-state index in [0.29, 0.717) is 16.7 Å². The molecule has 0 radical (unpaired) electrons. The fraction of sp³-hybridized carbons (Fsp3) is 0.214. The van der Waals surface area contributed by atoms with Crippen LogP contribution in [0.4, 0.5) is 0 Å². The molecule has 1 aliphatic heterocycles. The number of ether oxygens (including phenoxy) is 2. The summed E-state index contributed by atoms with van der Waals surface area (Å²) in [7, 11) is -3.79. The number of benzene rings is 3. The third kappa shape index (κ3) is 5.72. The van der Waals surface area contributed by atoms with Crippen LogP contribution in [0.25, 0.3) is 0 Å². The van der Waals surface area contributed by atoms with Crippen molar-refractivity contribution >= 4 is 22.0 Å². The number of carbonyl (C=O) groups is 2. The summed E-state index contributed by atoms with van der Waals surface area (Å²) in [6, 6.07) is 20.2. The zero-order valence-electron chi connectivity index (χ0n) is 20.3. The Kier molecular flexibility index (Phi) is 7.37. The predicted octanol–water partition coefficient (Wildman–Crippen LogP) is 4.58. The van der Waals surface area contributed by atoms with Gasteiger partial charge >= 0.3 is 11.9 Å². The molecule has 0 fully saturated rings. The number of carbonyl (C=O) groups excluding carboxylic acids is 2. The van der Waals surface area contributed by atoms with E-state index in [2.05, 4.69) is 0 Å². The van der Waals surface area contributed by atoms with E-state index in [-0.39, 0.29) is 18.0 Å². The lowest BCUT2D eigenvalue weighted by molar-refractivity contribution is -0.0607. The Morgan fingerprint density at radius 3 is 1.81 bits per heavy atom. The number of hydrogen-bond donors (Lipinski definition) is 0. The van der Waals surface area contributed by atoms with Crippen molar-refractivity contribution in [2.75, 3.05) is 13.1 Å². The monoisotopic (exact) mass is 505 g/mol. The van der Waals surface area contributed by atoms with E-state index in [9.17, 15) is 18.0 Å². The molecular formula is C28H27NO6S. The van der Waals surface area contributed by atoms with Crippen LogP contribution in [0.1, 0.15) is 37.4 Å². The van der Waals surface area contributed by atoms with Gasteiger partial charge in [0.05, 0.1) is 16.0 Å². The van der Waals surface area contributed by atoms with Crippen LogP contribution < -0.4 is 0 Å². The molecule has 1 heterocycles. The van der Waals surface area contributed by atoms with Gasteiger partial charge in [-0.25, -0.2) is 18.0 Å². The van der Waals surface area contributed by atoms with E-state index in [4.69, 9.17) is 9.47 Å². The van der Waals surface area contributed by atoms with Crippen molar-refractivity contribution in [3.05, 3.63) is 112 Å². The summed E-state index contributed by atoms with van der Waals surface area (Å²) in [4.78, 5) is 26.0. The first kappa shape index (κ1) is 25.3. The molecular weight excluding hydrogens is 478 g/mol. The summed E-state index contributed by atoms with van der Waals surface area (Å²) >= 11 is 0. The van der Waals surface area contributed by atoms with Crippen molar-refractivity contribution in [3.63, 3.8) is 0 Å². The Bertz CT molecular complexity index is 1370. The lowest BCUT2D eigenvalue weighted by atomic mass is 10.1. The van der Waals surface area contributed by atoms with E-state index in [0.717, 1.165) is 16.7 Å². The summed E-state index contributed by atoms with van der Waals surface area (Å²) in [6.07, 6.45) is 0.230. The van der Waals surface area contributed by atoms with Gasteiger partial charge in [0.1, 0.15) is 0 Å². The van der Waals surface area contributed by atoms with Crippen molar-refractivity contribution in [1.82, 2.24) is 4.31 Å². The highest BCUT2D eigenvalue weighted by Gasteiger charge is 2.34. The molecule has 0 N–H and O–H groups in total. The van der Waals surface area contributed by atoms with Crippen LogP contribution in [-0.2, 0) is 19.5 Å². The van der Waals surface area contributed by atoms with Crippen LogP contribution in [0.5, 0.6) is 0 Å². The van der Waals surface area contributed by atoms with Crippen molar-refractivity contribution in [3.8, 4) is 0 Å². The lowest BCUT2D eigenvalue weighted by Gasteiger charge is -2.22. The molecule has 186 valence electrons. The fourth-order valence-electron chi connectivity index (χ4n) is 3.81. The molecule has 0 aliphatic carbocycles. The van der Waals surface area contributed by atoms with Crippen LogP contribution in [0.15, 0.2) is 89.3 Å². The standard InChI is InChI=1S/C28H27NO6S/c1-19-10-12-25(13-11-19)36(32,33)29-15-14-24(18-29)28(34-26(30)22-8-4-6-20(2)16-22)35-27(31)23-9-5-7-21(3)17-23/h4-14,16-17,28H,15,18H2,1-3H3. The van der Waals surface area contributed by atoms with Crippen LogP contribution >= 0.6 is 0 Å². The molecule has 0 saturated carbocycles. The van der Waals surface area contributed by atoms with E-state index in [1.54, 1.807) is 66.7 Å². The number of hydrogen-bond acceptors (Lipinski definition) is 6. The van der Waals surface area contributed by atoms with Gasteiger partial charge in [-0.2, -0.15) is 4.31 Å². The summed E-state index contributed by atoms with van der Waals surface area (Å²) in [5, 5.41) is 0. The van der Waals surface area contributed by atoms with E-state index >= 15 is 0 Å². The first-order valence-electron chi connectivity index (χ1n) is 11.4. The van der Waals surface area contributed by atoms with Gasteiger partial charge in [-0.05, 0) is 57.2 Å². The van der Waals surface area contributed by atoms with Crippen molar-refractivity contribution < 1.29 is 27.5 Å². The minimum Gasteiger partial charge on any atom is -0.417 e. The van der Waals surface area contributed by atoms with Gasteiger partial charge in [0.2, 0.25) is 10.0 Å². The summed E-state index contributed by atoms with van der Waals surface area (Å²) < 4.78 is 38.8. The maximum Gasteiger partial charge on any atom is 0.341 e. The van der Waals surface area contributed by atoms with Crippen LogP contribution in [0.2, 0.25) is 0 Å². The maximum atomic E-state index is 13.2. The Morgan fingerprint density at radius 1 is 0.778 bits per heavy atom. The zero-order valence-corrected chi connectivity index (χ0v) is 21.1. The molecule has 0 saturated heterocycles. The van der Waals surface area contributed by atoms with Crippen molar-refractivity contribution in [2.24, 2.45) is 0 Å². The molecule has 0 spiro atoms. The molecule has 3 aromatic carbocycles. The second-order valence-electron chi connectivity index (χ2n) is 8.77. The van der Waals surface area contributed by atoms with E-state index in [1.807, 2.05) is 32.9 Å². The third-order valence-corrected chi connectivity index (χ3v) is 7.64. The minimum atomic E-state index is -3.79. The number of aryl methyl sites for hydroxylation is 3. The molecule has 8 heteroatoms. The number of rotatable bonds is 7. The Labute approximate surface area is 211 Å². The lowest BCUT2D eigenvalue weighted by Crippen LogP contribution is -2.33. The van der Waals surface area contributed by atoms with Crippen molar-refractivity contribution in [1.29, 1.82) is 0 Å². The molecule has 36 heavy (non-hydrogen) atoms. The normalized spacial score (nSPS) is 13.9. The largest absolute Gasteiger partial charge is 0.417 e. The van der Waals surface area contributed by atoms with Gasteiger partial charge in [0.25, 0.3) is 6.29 Å². The molecule has 0 atom stereocenters. The third-order valence-electron chi connectivity index (χ3n) is 5.81. The number of nitrogens with zero attached hydrogens (tertiary/aromatic N) is 1. The SMILES string of the molecule is Cc1ccc(S(=O)(=O)N2CC=C(C(OC(=O)c3cccc(C)c3)OC(=O)c3cccc(C)c3)C2)cc1. The number of esters is 2. The first-order valence-corrected chi connectivity index (χ1v) is 12.9. The quantitative estimate of drug-likeness (QED) is 0.265. The van der Waals surface area contributed by atoms with Crippen LogP contribution in [-0.4, -0.2) is 44.0 Å². The molecule has 0 aromatic heterocycles. The molecule has 1 aliphatic rings. The molecule has 3 aromatic rings. The van der Waals surface area contributed by atoms with Crippen LogP contribution in [0, 0.1) is 20.8 Å². The molecule has 0 unspecified atom stereocenters. The smallest absolute Gasteiger partial charge is 0.341 e. The van der Waals surface area contributed by atoms with E-state index in [1.165, 1.54) is 4.31 Å². The highest BCUT2D eigenvalue weighted by molar-refractivity contribution is 7.89. The molecule has 7 nitrogen and oxygen atoms in total. The second-order valence-corrected chi connectivity index (χ2v) is 10.7. The van der Waals surface area contributed by atoms with E-state index < -0.39 is 28.3 Å². The maximum absolute atomic E-state index is 13.2. The minimum absolute atomic E-state index is 0.0615. The molecule has 0 bridgehead atoms. The fourth-order valence-corrected chi connectivity index (χ4v) is 5.18. The molecule has 4 rings (SSSR count). The highest BCUT2D eigenvalue weighted by Crippen LogP contribution is 2.25. The van der Waals surface area contributed by atoms with Gasteiger partial charge in [0, 0.05) is 18.7 Å². The Morgan fingerprint density at radius 2 is 1.31 bits per heavy atom. The average Bonchev–Trinajstić information content (AvgIpc) is 3.35. The Hall–Kier alpha value is -3.75. The predicted molar refractivity (Wildman–Crippen MR) is 135 cm³/mol. The number of sulfonamides is 1. The topological polar surface area (TPSA) is 90.0 Å². The summed E-state index contributed by atoms with van der Waals surface area (Å²) in [5.41, 5.74) is 3.65. The summed E-state index contributed by atoms with van der Waals surface area (Å²) in [5.74, 6) is -1.36. The highest BCUT2D eigenvalue weighted by atomic mass is 32.2. The summed E-state index contributed by atoms with van der Waals surface area (Å²) in [6.45, 7) is 5.55. The Balaban J connectivity index is 1.57. The second kappa shape index (κ2) is 10.5.